The van der Waals surface area contributed by atoms with Gasteiger partial charge in [-0.05, 0) is 86.8 Å². The van der Waals surface area contributed by atoms with E-state index in [4.69, 9.17) is 5.73 Å². The van der Waals surface area contributed by atoms with Crippen LogP contribution in [0.25, 0.3) is 0 Å². The van der Waals surface area contributed by atoms with Gasteiger partial charge in [-0.2, -0.15) is 0 Å². The van der Waals surface area contributed by atoms with E-state index >= 15 is 0 Å². The standard InChI is InChI=1S/C19H31NO.ClH/c1-11-12(2)14(4)17(15(5)13(11)3)18(20)19(21)16-9-7-6-8-10-16;/h16,18-19,21H,6-10,20H2,1-5H3;1H/t18-,19+;/m1./s1. The van der Waals surface area contributed by atoms with Crippen LogP contribution in [0.15, 0.2) is 0 Å². The van der Waals surface area contributed by atoms with Gasteiger partial charge in [-0.25, -0.2) is 0 Å². The highest BCUT2D eigenvalue weighted by Gasteiger charge is 2.30. The van der Waals surface area contributed by atoms with Crippen LogP contribution in [0.1, 0.15) is 71.5 Å². The molecular weight excluding hydrogens is 294 g/mol. The predicted molar refractivity (Wildman–Crippen MR) is 96.9 cm³/mol. The molecule has 1 aromatic carbocycles. The van der Waals surface area contributed by atoms with E-state index in [0.29, 0.717) is 5.92 Å². The van der Waals surface area contributed by atoms with Crippen molar-refractivity contribution >= 4 is 12.4 Å². The Labute approximate surface area is 141 Å². The van der Waals surface area contributed by atoms with Crippen LogP contribution in [0.4, 0.5) is 0 Å². The average molecular weight is 326 g/mol. The first-order valence-electron chi connectivity index (χ1n) is 8.36. The topological polar surface area (TPSA) is 46.2 Å². The number of halogens is 1. The van der Waals surface area contributed by atoms with Gasteiger partial charge in [0.2, 0.25) is 0 Å². The molecule has 0 heterocycles. The SMILES string of the molecule is Cc1c(C)c(C)c([C@@H](N)[C@@H](O)C2CCCCC2)c(C)c1C.Cl. The minimum absolute atomic E-state index is 0. The van der Waals surface area contributed by atoms with Crippen molar-refractivity contribution in [2.45, 2.75) is 78.9 Å². The molecule has 2 nitrogen and oxygen atoms in total. The molecule has 0 aromatic heterocycles. The maximum atomic E-state index is 10.8. The molecule has 1 saturated carbocycles. The van der Waals surface area contributed by atoms with Crippen molar-refractivity contribution in [1.82, 2.24) is 0 Å². The van der Waals surface area contributed by atoms with Gasteiger partial charge >= 0.3 is 0 Å². The lowest BCUT2D eigenvalue weighted by Crippen LogP contribution is -2.35. The Hall–Kier alpha value is -0.570. The third-order valence-corrected chi connectivity index (χ3v) is 5.89. The lowest BCUT2D eigenvalue weighted by molar-refractivity contribution is 0.0614. The molecule has 3 heteroatoms. The van der Waals surface area contributed by atoms with E-state index in [-0.39, 0.29) is 18.4 Å². The van der Waals surface area contributed by atoms with Crippen molar-refractivity contribution in [3.8, 4) is 0 Å². The summed E-state index contributed by atoms with van der Waals surface area (Å²) >= 11 is 0. The normalized spacial score (nSPS) is 18.7. The molecule has 1 fully saturated rings. The number of benzene rings is 1. The van der Waals surface area contributed by atoms with Gasteiger partial charge in [-0.1, -0.05) is 19.3 Å². The van der Waals surface area contributed by atoms with Crippen LogP contribution in [0.3, 0.4) is 0 Å². The molecule has 1 aromatic rings. The Morgan fingerprint density at radius 3 is 1.68 bits per heavy atom. The van der Waals surface area contributed by atoms with Crippen molar-refractivity contribution in [3.05, 3.63) is 33.4 Å². The van der Waals surface area contributed by atoms with Crippen molar-refractivity contribution in [2.24, 2.45) is 11.7 Å². The van der Waals surface area contributed by atoms with Crippen LogP contribution < -0.4 is 5.73 Å². The highest BCUT2D eigenvalue weighted by atomic mass is 35.5. The van der Waals surface area contributed by atoms with E-state index in [2.05, 4.69) is 34.6 Å². The van der Waals surface area contributed by atoms with Crippen molar-refractivity contribution in [3.63, 3.8) is 0 Å². The second-order valence-electron chi connectivity index (χ2n) is 6.95. The predicted octanol–water partition coefficient (Wildman–Crippen LogP) is 4.59. The molecular formula is C19H32ClNO. The van der Waals surface area contributed by atoms with E-state index in [1.165, 1.54) is 52.6 Å². The van der Waals surface area contributed by atoms with Crippen molar-refractivity contribution < 1.29 is 5.11 Å². The summed E-state index contributed by atoms with van der Waals surface area (Å²) in [5.41, 5.74) is 14.2. The third-order valence-electron chi connectivity index (χ3n) is 5.89. The number of hydrogen-bond donors (Lipinski definition) is 2. The monoisotopic (exact) mass is 325 g/mol. The van der Waals surface area contributed by atoms with E-state index < -0.39 is 6.10 Å². The quantitative estimate of drug-likeness (QED) is 0.853. The number of nitrogens with two attached hydrogens (primary N) is 1. The van der Waals surface area contributed by atoms with Gasteiger partial charge in [0.15, 0.2) is 0 Å². The van der Waals surface area contributed by atoms with E-state index in [9.17, 15) is 5.11 Å². The third kappa shape index (κ3) is 3.50. The molecule has 2 rings (SSSR count). The highest BCUT2D eigenvalue weighted by molar-refractivity contribution is 5.85. The maximum Gasteiger partial charge on any atom is 0.0761 e. The van der Waals surface area contributed by atoms with Gasteiger partial charge < -0.3 is 10.8 Å². The Balaban J connectivity index is 0.00000242. The number of hydrogen-bond acceptors (Lipinski definition) is 2. The molecule has 0 aliphatic heterocycles. The Morgan fingerprint density at radius 1 is 0.818 bits per heavy atom. The van der Waals surface area contributed by atoms with Crippen LogP contribution >= 0.6 is 12.4 Å². The fraction of sp³-hybridized carbons (Fsp3) is 0.684. The molecule has 0 spiro atoms. The van der Waals surface area contributed by atoms with Crippen molar-refractivity contribution in [1.29, 1.82) is 0 Å². The number of aliphatic hydroxyl groups is 1. The summed E-state index contributed by atoms with van der Waals surface area (Å²) in [6.45, 7) is 10.8. The van der Waals surface area contributed by atoms with Gasteiger partial charge in [-0.3, -0.25) is 0 Å². The summed E-state index contributed by atoms with van der Waals surface area (Å²) < 4.78 is 0. The number of rotatable bonds is 3. The van der Waals surface area contributed by atoms with E-state index in [0.717, 1.165) is 12.8 Å². The summed E-state index contributed by atoms with van der Waals surface area (Å²) in [5.74, 6) is 0.370. The largest absolute Gasteiger partial charge is 0.391 e. The Bertz CT molecular complexity index is 492. The lowest BCUT2D eigenvalue weighted by atomic mass is 9.78. The minimum Gasteiger partial charge on any atom is -0.391 e. The molecule has 0 saturated heterocycles. The lowest BCUT2D eigenvalue weighted by Gasteiger charge is -2.33. The first-order chi connectivity index (χ1) is 9.86. The van der Waals surface area contributed by atoms with Crippen LogP contribution in [-0.4, -0.2) is 11.2 Å². The number of aliphatic hydroxyl groups excluding tert-OH is 1. The van der Waals surface area contributed by atoms with Gasteiger partial charge in [0.1, 0.15) is 0 Å². The highest BCUT2D eigenvalue weighted by Crippen LogP contribution is 2.36. The summed E-state index contributed by atoms with van der Waals surface area (Å²) in [5, 5.41) is 10.8. The van der Waals surface area contributed by atoms with Crippen LogP contribution in [0.5, 0.6) is 0 Å². The average Bonchev–Trinajstić information content (AvgIpc) is 2.51. The van der Waals surface area contributed by atoms with Crippen LogP contribution in [0.2, 0.25) is 0 Å². The Kier molecular flexibility index (Phi) is 6.91. The molecule has 0 bridgehead atoms. The molecule has 1 aliphatic rings. The fourth-order valence-electron chi connectivity index (χ4n) is 3.97. The Morgan fingerprint density at radius 2 is 1.23 bits per heavy atom. The molecule has 126 valence electrons. The van der Waals surface area contributed by atoms with Crippen LogP contribution in [0, 0.1) is 40.5 Å². The van der Waals surface area contributed by atoms with Gasteiger partial charge in [-0.15, -0.1) is 12.4 Å². The summed E-state index contributed by atoms with van der Waals surface area (Å²) in [7, 11) is 0. The van der Waals surface area contributed by atoms with Crippen molar-refractivity contribution in [2.75, 3.05) is 0 Å². The molecule has 22 heavy (non-hydrogen) atoms. The second-order valence-corrected chi connectivity index (χ2v) is 6.95. The van der Waals surface area contributed by atoms with Gasteiger partial charge in [0.25, 0.3) is 0 Å². The zero-order chi connectivity index (χ0) is 15.7. The fourth-order valence-corrected chi connectivity index (χ4v) is 3.97. The molecule has 0 amide bonds. The summed E-state index contributed by atoms with van der Waals surface area (Å²) in [6.07, 6.45) is 5.60. The second kappa shape index (κ2) is 7.81. The first kappa shape index (κ1) is 19.5. The van der Waals surface area contributed by atoms with Crippen LogP contribution in [-0.2, 0) is 0 Å². The van der Waals surface area contributed by atoms with Gasteiger partial charge in [0, 0.05) is 0 Å². The summed E-state index contributed by atoms with van der Waals surface area (Å²) in [6, 6.07) is -0.258. The van der Waals surface area contributed by atoms with Gasteiger partial charge in [0.05, 0.1) is 12.1 Å². The molecule has 0 radical (unpaired) electrons. The zero-order valence-corrected chi connectivity index (χ0v) is 15.5. The minimum atomic E-state index is -0.413. The summed E-state index contributed by atoms with van der Waals surface area (Å²) in [4.78, 5) is 0. The molecule has 3 N–H and O–H groups in total. The zero-order valence-electron chi connectivity index (χ0n) is 14.7. The smallest absolute Gasteiger partial charge is 0.0761 e. The molecule has 1 aliphatic carbocycles. The molecule has 0 unspecified atom stereocenters. The van der Waals surface area contributed by atoms with E-state index in [1.807, 2.05) is 0 Å². The molecule has 2 atom stereocenters. The first-order valence-corrected chi connectivity index (χ1v) is 8.36. The maximum absolute atomic E-state index is 10.8. The van der Waals surface area contributed by atoms with E-state index in [1.54, 1.807) is 0 Å².